The number of rotatable bonds is 2. The molecule has 1 heterocycles. The van der Waals surface area contributed by atoms with Crippen molar-refractivity contribution in [2.24, 2.45) is 11.3 Å². The van der Waals surface area contributed by atoms with E-state index in [-0.39, 0.29) is 6.10 Å². The van der Waals surface area contributed by atoms with Crippen LogP contribution < -0.4 is 0 Å². The summed E-state index contributed by atoms with van der Waals surface area (Å²) >= 11 is 0. The highest BCUT2D eigenvalue weighted by Crippen LogP contribution is 2.52. The minimum Gasteiger partial charge on any atom is -0.393 e. The first kappa shape index (κ1) is 12.9. The Morgan fingerprint density at radius 2 is 1.83 bits per heavy atom. The first-order valence-electron chi connectivity index (χ1n) is 8.09. The molecule has 1 spiro atoms. The second-order valence-corrected chi connectivity index (χ2v) is 7.32. The van der Waals surface area contributed by atoms with Gasteiger partial charge in [-0.1, -0.05) is 6.42 Å². The molecular formula is C16H29NO. The van der Waals surface area contributed by atoms with E-state index in [2.05, 4.69) is 11.8 Å². The van der Waals surface area contributed by atoms with Gasteiger partial charge in [0.15, 0.2) is 0 Å². The molecule has 2 atom stereocenters. The third-order valence-corrected chi connectivity index (χ3v) is 6.06. The Morgan fingerprint density at radius 1 is 1.11 bits per heavy atom. The molecule has 1 N–H and O–H groups in total. The van der Waals surface area contributed by atoms with Crippen molar-refractivity contribution in [1.29, 1.82) is 0 Å². The molecule has 0 aromatic heterocycles. The molecule has 2 aliphatic carbocycles. The van der Waals surface area contributed by atoms with Crippen LogP contribution in [0.5, 0.6) is 0 Å². The lowest BCUT2D eigenvalue weighted by atomic mass is 9.59. The van der Waals surface area contributed by atoms with Gasteiger partial charge in [0.25, 0.3) is 0 Å². The molecule has 0 aromatic rings. The van der Waals surface area contributed by atoms with Crippen LogP contribution in [0.2, 0.25) is 0 Å². The Labute approximate surface area is 112 Å². The molecule has 18 heavy (non-hydrogen) atoms. The number of likely N-dealkylation sites (tertiary alicyclic amines) is 1. The van der Waals surface area contributed by atoms with Gasteiger partial charge in [-0.2, -0.15) is 0 Å². The van der Waals surface area contributed by atoms with Crippen LogP contribution in [0.15, 0.2) is 0 Å². The maximum atomic E-state index is 9.68. The summed E-state index contributed by atoms with van der Waals surface area (Å²) in [5.41, 5.74) is 0.806. The number of nitrogens with zero attached hydrogens (tertiary/aromatic N) is 1. The van der Waals surface area contributed by atoms with Crippen molar-refractivity contribution in [3.05, 3.63) is 0 Å². The molecule has 2 saturated carbocycles. The molecule has 0 aromatic carbocycles. The van der Waals surface area contributed by atoms with Gasteiger partial charge in [0, 0.05) is 19.1 Å². The standard InChI is InChI=1S/C16H29NO/c1-13-11-15(18)5-10-17(13)12-14-3-8-16(9-4-14)6-2-7-16/h13-15,18H,2-12H2,1H3. The van der Waals surface area contributed by atoms with E-state index in [0.29, 0.717) is 6.04 Å². The van der Waals surface area contributed by atoms with E-state index in [1.54, 1.807) is 0 Å². The summed E-state index contributed by atoms with van der Waals surface area (Å²) in [7, 11) is 0. The van der Waals surface area contributed by atoms with Crippen LogP contribution in [0.4, 0.5) is 0 Å². The zero-order valence-corrected chi connectivity index (χ0v) is 11.9. The third kappa shape index (κ3) is 2.60. The Morgan fingerprint density at radius 3 is 2.39 bits per heavy atom. The number of hydrogen-bond acceptors (Lipinski definition) is 2. The Hall–Kier alpha value is -0.0800. The predicted octanol–water partition coefficient (Wildman–Crippen LogP) is 3.19. The van der Waals surface area contributed by atoms with Gasteiger partial charge in [0.2, 0.25) is 0 Å². The van der Waals surface area contributed by atoms with E-state index < -0.39 is 0 Å². The molecule has 3 rings (SSSR count). The summed E-state index contributed by atoms with van der Waals surface area (Å²) in [6.07, 6.45) is 12.4. The molecule has 0 bridgehead atoms. The van der Waals surface area contributed by atoms with E-state index in [9.17, 15) is 5.11 Å². The van der Waals surface area contributed by atoms with Gasteiger partial charge in [-0.15, -0.1) is 0 Å². The van der Waals surface area contributed by atoms with E-state index in [0.717, 1.165) is 30.7 Å². The zero-order chi connectivity index (χ0) is 12.6. The third-order valence-electron chi connectivity index (χ3n) is 6.06. The van der Waals surface area contributed by atoms with Crippen molar-refractivity contribution in [3.8, 4) is 0 Å². The normalized spacial score (nSPS) is 37.7. The molecule has 104 valence electrons. The van der Waals surface area contributed by atoms with Gasteiger partial charge in [0.05, 0.1) is 6.10 Å². The van der Waals surface area contributed by atoms with Crippen LogP contribution in [-0.4, -0.2) is 35.2 Å². The van der Waals surface area contributed by atoms with Gasteiger partial charge < -0.3 is 10.0 Å². The average Bonchev–Trinajstić information content (AvgIpc) is 2.32. The zero-order valence-electron chi connectivity index (χ0n) is 11.9. The first-order chi connectivity index (χ1) is 8.67. The average molecular weight is 251 g/mol. The fraction of sp³-hybridized carbons (Fsp3) is 1.00. The van der Waals surface area contributed by atoms with E-state index in [1.165, 1.54) is 51.5 Å². The molecule has 3 aliphatic rings. The molecule has 0 radical (unpaired) electrons. The topological polar surface area (TPSA) is 23.5 Å². The maximum absolute atomic E-state index is 9.68. The largest absolute Gasteiger partial charge is 0.393 e. The van der Waals surface area contributed by atoms with Crippen molar-refractivity contribution in [2.45, 2.75) is 76.9 Å². The summed E-state index contributed by atoms with van der Waals surface area (Å²) in [6, 6.07) is 0.591. The van der Waals surface area contributed by atoms with Gasteiger partial charge in [-0.05, 0) is 69.6 Å². The first-order valence-corrected chi connectivity index (χ1v) is 8.09. The summed E-state index contributed by atoms with van der Waals surface area (Å²) in [6.45, 7) is 4.70. The molecular weight excluding hydrogens is 222 g/mol. The Kier molecular flexibility index (Phi) is 3.68. The lowest BCUT2D eigenvalue weighted by Gasteiger charge is -2.48. The van der Waals surface area contributed by atoms with Crippen molar-refractivity contribution in [3.63, 3.8) is 0 Å². The van der Waals surface area contributed by atoms with E-state index in [4.69, 9.17) is 0 Å². The molecule has 2 unspecified atom stereocenters. The van der Waals surface area contributed by atoms with Gasteiger partial charge in [-0.3, -0.25) is 0 Å². The monoisotopic (exact) mass is 251 g/mol. The van der Waals surface area contributed by atoms with Crippen molar-refractivity contribution < 1.29 is 5.11 Å². The highest BCUT2D eigenvalue weighted by molar-refractivity contribution is 4.92. The minimum atomic E-state index is -0.0409. The van der Waals surface area contributed by atoms with Crippen molar-refractivity contribution in [2.75, 3.05) is 13.1 Å². The molecule has 2 heteroatoms. The Balaban J connectivity index is 1.46. The summed E-state index contributed by atoms with van der Waals surface area (Å²) < 4.78 is 0. The number of hydrogen-bond donors (Lipinski definition) is 1. The van der Waals surface area contributed by atoms with Crippen molar-refractivity contribution >= 4 is 0 Å². The van der Waals surface area contributed by atoms with E-state index in [1.807, 2.05) is 0 Å². The van der Waals surface area contributed by atoms with Crippen LogP contribution in [0.3, 0.4) is 0 Å². The molecule has 1 saturated heterocycles. The fourth-order valence-electron chi connectivity index (χ4n) is 4.45. The van der Waals surface area contributed by atoms with Crippen molar-refractivity contribution in [1.82, 2.24) is 4.90 Å². The predicted molar refractivity (Wildman–Crippen MR) is 74.5 cm³/mol. The molecule has 0 amide bonds. The van der Waals surface area contributed by atoms with E-state index >= 15 is 0 Å². The highest BCUT2D eigenvalue weighted by atomic mass is 16.3. The molecule has 1 aliphatic heterocycles. The molecule has 3 fully saturated rings. The molecule has 2 nitrogen and oxygen atoms in total. The van der Waals surface area contributed by atoms with Crippen LogP contribution >= 0.6 is 0 Å². The minimum absolute atomic E-state index is 0.0409. The number of piperidine rings is 1. The SMILES string of the molecule is CC1CC(O)CCN1CC1CCC2(CCC2)CC1. The smallest absolute Gasteiger partial charge is 0.0567 e. The van der Waals surface area contributed by atoms with Gasteiger partial charge in [0.1, 0.15) is 0 Å². The van der Waals surface area contributed by atoms with Crippen LogP contribution in [0.1, 0.15) is 64.7 Å². The van der Waals surface area contributed by atoms with Gasteiger partial charge in [-0.25, -0.2) is 0 Å². The quantitative estimate of drug-likeness (QED) is 0.814. The number of aliphatic hydroxyl groups is 1. The van der Waals surface area contributed by atoms with Crippen LogP contribution in [-0.2, 0) is 0 Å². The summed E-state index contributed by atoms with van der Waals surface area (Å²) in [5, 5.41) is 9.68. The van der Waals surface area contributed by atoms with Gasteiger partial charge >= 0.3 is 0 Å². The highest BCUT2D eigenvalue weighted by Gasteiger charge is 2.40. The van der Waals surface area contributed by atoms with Crippen LogP contribution in [0.25, 0.3) is 0 Å². The number of aliphatic hydroxyl groups excluding tert-OH is 1. The summed E-state index contributed by atoms with van der Waals surface area (Å²) in [5.74, 6) is 0.939. The second-order valence-electron chi connectivity index (χ2n) is 7.32. The Bertz CT molecular complexity index is 277. The summed E-state index contributed by atoms with van der Waals surface area (Å²) in [4.78, 5) is 2.64. The lowest BCUT2D eigenvalue weighted by Crippen LogP contribution is -2.46. The van der Waals surface area contributed by atoms with Crippen LogP contribution in [0, 0.1) is 11.3 Å². The lowest BCUT2D eigenvalue weighted by molar-refractivity contribution is 0.0143. The fourth-order valence-corrected chi connectivity index (χ4v) is 4.45. The second kappa shape index (κ2) is 5.13. The maximum Gasteiger partial charge on any atom is 0.0567 e.